The maximum atomic E-state index is 9.26. The molecule has 2 heteroatoms. The van der Waals surface area contributed by atoms with Gasteiger partial charge < -0.3 is 10.0 Å². The molecule has 2 nitrogen and oxygen atoms in total. The summed E-state index contributed by atoms with van der Waals surface area (Å²) < 4.78 is 0. The number of likely N-dealkylation sites (N-methyl/N-ethyl adjacent to an activating group) is 1. The van der Waals surface area contributed by atoms with Crippen molar-refractivity contribution in [1.29, 1.82) is 0 Å². The van der Waals surface area contributed by atoms with Gasteiger partial charge in [-0.3, -0.25) is 0 Å². The fourth-order valence-corrected chi connectivity index (χ4v) is 2.91. The van der Waals surface area contributed by atoms with Gasteiger partial charge in [0.1, 0.15) is 0 Å². The predicted molar refractivity (Wildman–Crippen MR) is 48.9 cm³/mol. The minimum atomic E-state index is 0.349. The van der Waals surface area contributed by atoms with Gasteiger partial charge in [-0.25, -0.2) is 0 Å². The van der Waals surface area contributed by atoms with Crippen LogP contribution in [0.5, 0.6) is 0 Å². The second-order valence-electron chi connectivity index (χ2n) is 4.58. The molecule has 1 N–H and O–H groups in total. The van der Waals surface area contributed by atoms with Crippen molar-refractivity contribution in [3.8, 4) is 0 Å². The lowest BCUT2D eigenvalue weighted by molar-refractivity contribution is 0.145. The summed E-state index contributed by atoms with van der Waals surface area (Å²) >= 11 is 0. The summed E-state index contributed by atoms with van der Waals surface area (Å²) in [6.45, 7) is 3.85. The van der Waals surface area contributed by atoms with E-state index in [1.54, 1.807) is 0 Å². The third kappa shape index (κ3) is 1.27. The van der Waals surface area contributed by atoms with Gasteiger partial charge in [0.2, 0.25) is 0 Å². The topological polar surface area (TPSA) is 23.5 Å². The number of hydrogen-bond donors (Lipinski definition) is 1. The number of nitrogens with zero attached hydrogens (tertiary/aromatic N) is 1. The van der Waals surface area contributed by atoms with Crippen molar-refractivity contribution in [2.75, 3.05) is 20.2 Å². The zero-order valence-corrected chi connectivity index (χ0v) is 8.03. The van der Waals surface area contributed by atoms with E-state index >= 15 is 0 Å². The molecule has 1 aliphatic heterocycles. The van der Waals surface area contributed by atoms with Crippen LogP contribution in [0.15, 0.2) is 0 Å². The third-order valence-corrected chi connectivity index (χ3v) is 3.60. The van der Waals surface area contributed by atoms with E-state index in [0.717, 1.165) is 17.8 Å². The minimum Gasteiger partial charge on any atom is -0.395 e. The van der Waals surface area contributed by atoms with E-state index in [1.807, 2.05) is 0 Å². The second kappa shape index (κ2) is 3.00. The first-order valence-corrected chi connectivity index (χ1v) is 5.05. The average Bonchev–Trinajstić information content (AvgIpc) is 2.78. The van der Waals surface area contributed by atoms with Gasteiger partial charge in [0, 0.05) is 12.6 Å². The lowest BCUT2D eigenvalue weighted by Gasteiger charge is -2.23. The zero-order chi connectivity index (χ0) is 8.72. The number of hydrogen-bond acceptors (Lipinski definition) is 2. The molecule has 2 aliphatic rings. The third-order valence-electron chi connectivity index (χ3n) is 3.60. The van der Waals surface area contributed by atoms with E-state index in [0.29, 0.717) is 12.6 Å². The van der Waals surface area contributed by atoms with Crippen LogP contribution in [-0.4, -0.2) is 36.2 Å². The molecule has 2 rings (SSSR count). The molecule has 12 heavy (non-hydrogen) atoms. The van der Waals surface area contributed by atoms with E-state index in [-0.39, 0.29) is 0 Å². The Labute approximate surface area is 74.6 Å². The monoisotopic (exact) mass is 169 g/mol. The first-order valence-electron chi connectivity index (χ1n) is 5.05. The molecule has 0 bridgehead atoms. The van der Waals surface area contributed by atoms with Crippen molar-refractivity contribution in [2.45, 2.75) is 25.8 Å². The molecule has 1 heterocycles. The summed E-state index contributed by atoms with van der Waals surface area (Å²) in [7, 11) is 2.14. The van der Waals surface area contributed by atoms with Gasteiger partial charge in [-0.2, -0.15) is 0 Å². The van der Waals surface area contributed by atoms with E-state index in [2.05, 4.69) is 18.9 Å². The normalized spacial score (nSPS) is 43.8. The van der Waals surface area contributed by atoms with E-state index < -0.39 is 0 Å². The molecular weight excluding hydrogens is 150 g/mol. The van der Waals surface area contributed by atoms with Gasteiger partial charge in [0.25, 0.3) is 0 Å². The van der Waals surface area contributed by atoms with Crippen LogP contribution in [0.3, 0.4) is 0 Å². The fraction of sp³-hybridized carbons (Fsp3) is 1.00. The predicted octanol–water partition coefficient (Wildman–Crippen LogP) is 0.955. The fourth-order valence-electron chi connectivity index (χ4n) is 2.91. The maximum Gasteiger partial charge on any atom is 0.0589 e. The molecule has 3 atom stereocenters. The maximum absolute atomic E-state index is 9.26. The van der Waals surface area contributed by atoms with E-state index in [1.165, 1.54) is 19.4 Å². The Morgan fingerprint density at radius 2 is 2.08 bits per heavy atom. The average molecular weight is 169 g/mol. The van der Waals surface area contributed by atoms with Gasteiger partial charge in [-0.15, -0.1) is 0 Å². The molecular formula is C10H19NO. The van der Waals surface area contributed by atoms with Gasteiger partial charge in [-0.05, 0) is 37.6 Å². The smallest absolute Gasteiger partial charge is 0.0589 e. The number of likely N-dealkylation sites (tertiary alicyclic amines) is 1. The summed E-state index contributed by atoms with van der Waals surface area (Å²) in [5.41, 5.74) is 0. The Bertz CT molecular complexity index is 167. The molecule has 0 aromatic carbocycles. The lowest BCUT2D eigenvalue weighted by Crippen LogP contribution is -2.33. The first-order chi connectivity index (χ1) is 5.74. The Morgan fingerprint density at radius 3 is 2.58 bits per heavy atom. The van der Waals surface area contributed by atoms with Crippen molar-refractivity contribution in [3.63, 3.8) is 0 Å². The van der Waals surface area contributed by atoms with Crippen LogP contribution >= 0.6 is 0 Å². The van der Waals surface area contributed by atoms with E-state index in [4.69, 9.17) is 0 Å². The summed E-state index contributed by atoms with van der Waals surface area (Å²) in [5.74, 6) is 2.50. The molecule has 0 aromatic heterocycles. The van der Waals surface area contributed by atoms with Crippen LogP contribution in [0.1, 0.15) is 19.8 Å². The van der Waals surface area contributed by atoms with Crippen LogP contribution in [0, 0.1) is 17.8 Å². The molecule has 0 aromatic rings. The Balaban J connectivity index is 2.06. The van der Waals surface area contributed by atoms with Crippen LogP contribution < -0.4 is 0 Å². The molecule has 0 amide bonds. The second-order valence-corrected chi connectivity index (χ2v) is 4.58. The molecule has 1 saturated carbocycles. The highest BCUT2D eigenvalue weighted by molar-refractivity contribution is 4.97. The van der Waals surface area contributed by atoms with Gasteiger partial charge >= 0.3 is 0 Å². The summed E-state index contributed by atoms with van der Waals surface area (Å²) in [5, 5.41) is 9.26. The van der Waals surface area contributed by atoms with Crippen molar-refractivity contribution >= 4 is 0 Å². The highest BCUT2D eigenvalue weighted by atomic mass is 16.3. The SMILES string of the molecule is C[C@@H]1CN(C)[C@@H](CO)[C@H]1C1CC1. The molecule has 2 fully saturated rings. The highest BCUT2D eigenvalue weighted by Crippen LogP contribution is 2.46. The minimum absolute atomic E-state index is 0.349. The molecule has 1 saturated heterocycles. The molecule has 1 aliphatic carbocycles. The Kier molecular flexibility index (Phi) is 2.13. The largest absolute Gasteiger partial charge is 0.395 e. The molecule has 0 unspecified atom stereocenters. The van der Waals surface area contributed by atoms with Crippen LogP contribution in [0.2, 0.25) is 0 Å². The van der Waals surface area contributed by atoms with Gasteiger partial charge in [-0.1, -0.05) is 6.92 Å². The van der Waals surface area contributed by atoms with Crippen molar-refractivity contribution in [2.24, 2.45) is 17.8 Å². The van der Waals surface area contributed by atoms with Crippen LogP contribution in [0.4, 0.5) is 0 Å². The molecule has 0 radical (unpaired) electrons. The zero-order valence-electron chi connectivity index (χ0n) is 8.03. The Hall–Kier alpha value is -0.0800. The quantitative estimate of drug-likeness (QED) is 0.665. The first kappa shape index (κ1) is 8.52. The van der Waals surface area contributed by atoms with Gasteiger partial charge in [0.05, 0.1) is 6.61 Å². The van der Waals surface area contributed by atoms with Crippen molar-refractivity contribution < 1.29 is 5.11 Å². The number of rotatable bonds is 2. The van der Waals surface area contributed by atoms with Crippen LogP contribution in [-0.2, 0) is 0 Å². The number of aliphatic hydroxyl groups excluding tert-OH is 1. The van der Waals surface area contributed by atoms with Crippen molar-refractivity contribution in [1.82, 2.24) is 4.90 Å². The molecule has 70 valence electrons. The molecule has 0 spiro atoms. The highest BCUT2D eigenvalue weighted by Gasteiger charge is 2.45. The standard InChI is InChI=1S/C10H19NO/c1-7-5-11(2)9(6-12)10(7)8-3-4-8/h7-10,12H,3-6H2,1-2H3/t7-,9+,10-/m1/s1. The summed E-state index contributed by atoms with van der Waals surface area (Å²) in [6.07, 6.45) is 2.80. The van der Waals surface area contributed by atoms with Gasteiger partial charge in [0.15, 0.2) is 0 Å². The number of aliphatic hydroxyl groups is 1. The summed E-state index contributed by atoms with van der Waals surface area (Å²) in [4.78, 5) is 2.33. The van der Waals surface area contributed by atoms with Crippen molar-refractivity contribution in [3.05, 3.63) is 0 Å². The van der Waals surface area contributed by atoms with Crippen LogP contribution in [0.25, 0.3) is 0 Å². The Morgan fingerprint density at radius 1 is 1.42 bits per heavy atom. The van der Waals surface area contributed by atoms with E-state index in [9.17, 15) is 5.11 Å². The lowest BCUT2D eigenvalue weighted by atomic mass is 9.88. The summed E-state index contributed by atoms with van der Waals surface area (Å²) in [6, 6.07) is 0.451.